The van der Waals surface area contributed by atoms with E-state index in [0.717, 1.165) is 5.75 Å². The van der Waals surface area contributed by atoms with Gasteiger partial charge in [-0.15, -0.1) is 0 Å². The molecular formula is C26H23NO6. The number of Topliss-reactive ketones (excluding diaryl/α,β-unsaturated/α-hetero) is 1. The van der Waals surface area contributed by atoms with Gasteiger partial charge in [-0.1, -0.05) is 30.3 Å². The minimum Gasteiger partial charge on any atom is -0.497 e. The number of anilines is 1. The Bertz CT molecular complexity index is 1130. The lowest BCUT2D eigenvalue weighted by Crippen LogP contribution is -2.27. The Labute approximate surface area is 191 Å². The molecule has 7 nitrogen and oxygen atoms in total. The second-order valence-electron chi connectivity index (χ2n) is 7.57. The van der Waals surface area contributed by atoms with E-state index >= 15 is 0 Å². The van der Waals surface area contributed by atoms with Gasteiger partial charge in [-0.25, -0.2) is 0 Å². The molecule has 168 valence electrons. The van der Waals surface area contributed by atoms with Crippen LogP contribution in [0.5, 0.6) is 17.2 Å². The van der Waals surface area contributed by atoms with Gasteiger partial charge < -0.3 is 19.1 Å². The summed E-state index contributed by atoms with van der Waals surface area (Å²) in [5.41, 5.74) is 1.14. The van der Waals surface area contributed by atoms with E-state index in [4.69, 9.17) is 14.2 Å². The third-order valence-electron chi connectivity index (χ3n) is 5.34. The van der Waals surface area contributed by atoms with Crippen molar-refractivity contribution < 1.29 is 28.6 Å². The second-order valence-corrected chi connectivity index (χ2v) is 7.57. The standard InChI is InChI=1S/C26H23NO6/c1-31-21-11-13-23(14-12-21)33-22-9-7-20(8-10-22)27-16-19(15-25(27)29)26(30)32-17-24(28)18-5-3-2-4-6-18/h2-14,19H,15-17H2,1H3/t19-/m0/s1. The Hall–Kier alpha value is -4.13. The number of methoxy groups -OCH3 is 1. The van der Waals surface area contributed by atoms with Crippen LogP contribution in [0.1, 0.15) is 16.8 Å². The highest BCUT2D eigenvalue weighted by molar-refractivity contribution is 6.01. The quantitative estimate of drug-likeness (QED) is 0.381. The third-order valence-corrected chi connectivity index (χ3v) is 5.34. The van der Waals surface area contributed by atoms with Crippen molar-refractivity contribution in [2.24, 2.45) is 5.92 Å². The molecule has 33 heavy (non-hydrogen) atoms. The van der Waals surface area contributed by atoms with Gasteiger partial charge in [-0.3, -0.25) is 14.4 Å². The van der Waals surface area contributed by atoms with Crippen LogP contribution in [0.25, 0.3) is 0 Å². The second kappa shape index (κ2) is 9.99. The molecule has 0 radical (unpaired) electrons. The van der Waals surface area contributed by atoms with Gasteiger partial charge in [-0.05, 0) is 48.5 Å². The molecule has 3 aromatic carbocycles. The van der Waals surface area contributed by atoms with Crippen LogP contribution in [0, 0.1) is 5.92 Å². The topological polar surface area (TPSA) is 82.1 Å². The fraction of sp³-hybridized carbons (Fsp3) is 0.192. The molecule has 1 atom stereocenters. The molecule has 1 saturated heterocycles. The molecule has 7 heteroatoms. The van der Waals surface area contributed by atoms with Crippen molar-refractivity contribution in [1.29, 1.82) is 0 Å². The molecular weight excluding hydrogens is 422 g/mol. The van der Waals surface area contributed by atoms with Crippen molar-refractivity contribution >= 4 is 23.3 Å². The van der Waals surface area contributed by atoms with Crippen molar-refractivity contribution in [2.45, 2.75) is 6.42 Å². The number of ketones is 1. The zero-order valence-corrected chi connectivity index (χ0v) is 18.1. The number of benzene rings is 3. The first kappa shape index (κ1) is 22.1. The van der Waals surface area contributed by atoms with Crippen molar-refractivity contribution in [3.63, 3.8) is 0 Å². The Morgan fingerprint density at radius 1 is 0.879 bits per heavy atom. The van der Waals surface area contributed by atoms with E-state index in [9.17, 15) is 14.4 Å². The predicted octanol–water partition coefficient (Wildman–Crippen LogP) is 4.27. The molecule has 1 aliphatic rings. The maximum Gasteiger partial charge on any atom is 0.311 e. The molecule has 0 bridgehead atoms. The smallest absolute Gasteiger partial charge is 0.311 e. The summed E-state index contributed by atoms with van der Waals surface area (Å²) in [6.45, 7) is -0.138. The molecule has 0 aromatic heterocycles. The maximum atomic E-state index is 12.5. The first-order valence-corrected chi connectivity index (χ1v) is 10.5. The van der Waals surface area contributed by atoms with Gasteiger partial charge in [0.15, 0.2) is 12.4 Å². The Kier molecular flexibility index (Phi) is 6.69. The number of carbonyl (C=O) groups excluding carboxylic acids is 3. The zero-order chi connectivity index (χ0) is 23.2. The normalized spacial score (nSPS) is 15.2. The molecule has 4 rings (SSSR count). The van der Waals surface area contributed by atoms with Gasteiger partial charge >= 0.3 is 5.97 Å². The average molecular weight is 445 g/mol. The molecule has 0 saturated carbocycles. The maximum absolute atomic E-state index is 12.5. The minimum absolute atomic E-state index is 0.0441. The van der Waals surface area contributed by atoms with Crippen LogP contribution in [0.15, 0.2) is 78.9 Å². The van der Waals surface area contributed by atoms with Crippen molar-refractivity contribution in [3.8, 4) is 17.2 Å². The summed E-state index contributed by atoms with van der Waals surface area (Å²) in [5, 5.41) is 0. The largest absolute Gasteiger partial charge is 0.497 e. The summed E-state index contributed by atoms with van der Waals surface area (Å²) >= 11 is 0. The van der Waals surface area contributed by atoms with Crippen molar-refractivity contribution in [1.82, 2.24) is 0 Å². The van der Waals surface area contributed by atoms with Gasteiger partial charge in [0.05, 0.1) is 13.0 Å². The minimum atomic E-state index is -0.615. The van der Waals surface area contributed by atoms with Gasteiger partial charge in [0, 0.05) is 24.2 Å². The van der Waals surface area contributed by atoms with Crippen LogP contribution in [0.3, 0.4) is 0 Å². The van der Waals surface area contributed by atoms with Crippen LogP contribution in [0.4, 0.5) is 5.69 Å². The number of carbonyl (C=O) groups is 3. The highest BCUT2D eigenvalue weighted by atomic mass is 16.5. The molecule has 3 aromatic rings. The summed E-state index contributed by atoms with van der Waals surface area (Å²) < 4.78 is 16.1. The van der Waals surface area contributed by atoms with Gasteiger partial charge in [-0.2, -0.15) is 0 Å². The Morgan fingerprint density at radius 2 is 1.48 bits per heavy atom. The lowest BCUT2D eigenvalue weighted by molar-refractivity contribution is -0.147. The summed E-state index contributed by atoms with van der Waals surface area (Å²) in [6.07, 6.45) is 0.0441. The van der Waals surface area contributed by atoms with E-state index < -0.39 is 11.9 Å². The van der Waals surface area contributed by atoms with E-state index in [1.165, 1.54) is 0 Å². The highest BCUT2D eigenvalue weighted by Crippen LogP contribution is 2.29. The Morgan fingerprint density at radius 3 is 2.12 bits per heavy atom. The monoisotopic (exact) mass is 445 g/mol. The van der Waals surface area contributed by atoms with Gasteiger partial charge in [0.1, 0.15) is 17.2 Å². The number of rotatable bonds is 8. The zero-order valence-electron chi connectivity index (χ0n) is 18.1. The lowest BCUT2D eigenvalue weighted by Gasteiger charge is -2.17. The molecule has 0 unspecified atom stereocenters. The van der Waals surface area contributed by atoms with Gasteiger partial charge in [0.2, 0.25) is 5.91 Å². The number of ether oxygens (including phenoxy) is 3. The molecule has 0 spiro atoms. The van der Waals surface area contributed by atoms with Crippen LogP contribution in [-0.4, -0.2) is 37.9 Å². The molecule has 1 heterocycles. The van der Waals surface area contributed by atoms with E-state index in [0.29, 0.717) is 22.7 Å². The molecule has 1 fully saturated rings. The highest BCUT2D eigenvalue weighted by Gasteiger charge is 2.36. The predicted molar refractivity (Wildman–Crippen MR) is 122 cm³/mol. The summed E-state index contributed by atoms with van der Waals surface area (Å²) in [5.74, 6) is 0.404. The first-order chi connectivity index (χ1) is 16.0. The summed E-state index contributed by atoms with van der Waals surface area (Å²) in [6, 6.07) is 22.9. The fourth-order valence-electron chi connectivity index (χ4n) is 3.55. The average Bonchev–Trinajstić information content (AvgIpc) is 3.25. The van der Waals surface area contributed by atoms with Crippen LogP contribution in [-0.2, 0) is 14.3 Å². The Balaban J connectivity index is 1.32. The first-order valence-electron chi connectivity index (χ1n) is 10.5. The van der Waals surface area contributed by atoms with Crippen molar-refractivity contribution in [3.05, 3.63) is 84.4 Å². The number of amides is 1. The third kappa shape index (κ3) is 5.38. The van der Waals surface area contributed by atoms with Crippen molar-refractivity contribution in [2.75, 3.05) is 25.2 Å². The van der Waals surface area contributed by atoms with Crippen LogP contribution in [0.2, 0.25) is 0 Å². The van der Waals surface area contributed by atoms with E-state index in [-0.39, 0.29) is 31.3 Å². The number of hydrogen-bond acceptors (Lipinski definition) is 6. The summed E-state index contributed by atoms with van der Waals surface area (Å²) in [7, 11) is 1.60. The molecule has 0 aliphatic carbocycles. The number of nitrogens with zero attached hydrogens (tertiary/aromatic N) is 1. The number of hydrogen-bond donors (Lipinski definition) is 0. The SMILES string of the molecule is COc1ccc(Oc2ccc(N3C[C@@H](C(=O)OCC(=O)c4ccccc4)CC3=O)cc2)cc1. The van der Waals surface area contributed by atoms with E-state index in [2.05, 4.69) is 0 Å². The molecule has 1 amide bonds. The molecule has 1 aliphatic heterocycles. The fourth-order valence-corrected chi connectivity index (χ4v) is 3.55. The number of esters is 1. The van der Waals surface area contributed by atoms with Gasteiger partial charge in [0.25, 0.3) is 0 Å². The lowest BCUT2D eigenvalue weighted by atomic mass is 10.1. The van der Waals surface area contributed by atoms with Crippen LogP contribution >= 0.6 is 0 Å². The van der Waals surface area contributed by atoms with Crippen LogP contribution < -0.4 is 14.4 Å². The van der Waals surface area contributed by atoms with E-state index in [1.807, 2.05) is 0 Å². The van der Waals surface area contributed by atoms with E-state index in [1.54, 1.807) is 90.9 Å². The molecule has 0 N–H and O–H groups in total. The summed E-state index contributed by atoms with van der Waals surface area (Å²) in [4.78, 5) is 38.6.